The topological polar surface area (TPSA) is 133 Å². The van der Waals surface area contributed by atoms with Gasteiger partial charge < -0.3 is 25.5 Å². The zero-order valence-corrected chi connectivity index (χ0v) is 32.3. The minimum atomic E-state index is -2.25. The summed E-state index contributed by atoms with van der Waals surface area (Å²) in [5.74, 6) is -1.25. The van der Waals surface area contributed by atoms with E-state index in [1.165, 1.54) is 11.3 Å². The first-order valence-corrected chi connectivity index (χ1v) is 21.4. The molecule has 9 nitrogen and oxygen atoms in total. The highest BCUT2D eigenvalue weighted by molar-refractivity contribution is 7.09. The molecule has 4 atom stereocenters. The molecule has 49 heavy (non-hydrogen) atoms. The monoisotopic (exact) mass is 708 g/mol. The van der Waals surface area contributed by atoms with Crippen LogP contribution < -0.4 is 16.4 Å². The quantitative estimate of drug-likeness (QED) is 0.115. The molecule has 4 N–H and O–H groups in total. The molecule has 0 saturated carbocycles. The van der Waals surface area contributed by atoms with Gasteiger partial charge >= 0.3 is 6.09 Å². The molecular weight excluding hydrogens is 653 g/mol. The lowest BCUT2D eigenvalue weighted by Crippen LogP contribution is -2.52. The van der Waals surface area contributed by atoms with Crippen molar-refractivity contribution in [2.45, 2.75) is 117 Å². The molecule has 3 rings (SSSR count). The van der Waals surface area contributed by atoms with Gasteiger partial charge in [-0.15, -0.1) is 11.3 Å². The average molecular weight is 709 g/mol. The molecule has 0 bridgehead atoms. The van der Waals surface area contributed by atoms with E-state index in [1.54, 1.807) is 5.38 Å². The van der Waals surface area contributed by atoms with Crippen LogP contribution in [-0.2, 0) is 26.8 Å². The number of alkyl carbamates (subject to hydrolysis) is 1. The number of nitrogens with zero attached hydrogens (tertiary/aromatic N) is 1. The van der Waals surface area contributed by atoms with E-state index in [2.05, 4.69) is 35.6 Å². The van der Waals surface area contributed by atoms with E-state index in [1.807, 2.05) is 95.3 Å². The molecular formula is C38H56N4O5SSi. The van der Waals surface area contributed by atoms with Crippen molar-refractivity contribution < 1.29 is 23.5 Å². The maximum atomic E-state index is 14.5. The Morgan fingerprint density at radius 2 is 1.53 bits per heavy atom. The van der Waals surface area contributed by atoms with Gasteiger partial charge in [-0.1, -0.05) is 94.3 Å². The first kappa shape index (κ1) is 39.9. The molecule has 0 saturated heterocycles. The lowest BCUT2D eigenvalue weighted by molar-refractivity contribution is -0.127. The van der Waals surface area contributed by atoms with Crippen molar-refractivity contribution in [3.05, 3.63) is 87.9 Å². The zero-order chi connectivity index (χ0) is 36.2. The van der Waals surface area contributed by atoms with Crippen molar-refractivity contribution in [1.29, 1.82) is 0 Å². The number of unbranched alkanes of at least 4 members (excludes halogenated alkanes) is 1. The van der Waals surface area contributed by atoms with Crippen molar-refractivity contribution >= 4 is 37.6 Å². The molecule has 1 heterocycles. The van der Waals surface area contributed by atoms with Crippen LogP contribution in [0.5, 0.6) is 0 Å². The predicted molar refractivity (Wildman–Crippen MR) is 200 cm³/mol. The van der Waals surface area contributed by atoms with Crippen LogP contribution in [0.1, 0.15) is 93.5 Å². The summed E-state index contributed by atoms with van der Waals surface area (Å²) in [5.41, 5.74) is 7.07. The van der Waals surface area contributed by atoms with Gasteiger partial charge in [-0.3, -0.25) is 9.59 Å². The molecule has 0 aliphatic carbocycles. The van der Waals surface area contributed by atoms with E-state index >= 15 is 0 Å². The third kappa shape index (κ3) is 13.7. The summed E-state index contributed by atoms with van der Waals surface area (Å²) in [6, 6.07) is 20.0. The van der Waals surface area contributed by atoms with Crippen molar-refractivity contribution in [2.75, 3.05) is 0 Å². The van der Waals surface area contributed by atoms with Gasteiger partial charge in [-0.25, -0.2) is 9.78 Å². The van der Waals surface area contributed by atoms with Gasteiger partial charge in [0.15, 0.2) is 8.32 Å². The fourth-order valence-corrected chi connectivity index (χ4v) is 9.19. The van der Waals surface area contributed by atoms with Crippen LogP contribution in [0.3, 0.4) is 0 Å². The van der Waals surface area contributed by atoms with Crippen molar-refractivity contribution in [2.24, 2.45) is 17.6 Å². The summed E-state index contributed by atoms with van der Waals surface area (Å²) in [7, 11) is -2.25. The number of rotatable bonds is 18. The Morgan fingerprint density at radius 3 is 2.04 bits per heavy atom. The summed E-state index contributed by atoms with van der Waals surface area (Å²) in [6.45, 7) is 16.1. The molecule has 0 radical (unpaired) electrons. The van der Waals surface area contributed by atoms with Crippen LogP contribution in [0.25, 0.3) is 0 Å². The van der Waals surface area contributed by atoms with E-state index in [-0.39, 0.29) is 17.5 Å². The molecule has 268 valence electrons. The SMILES string of the molecule is CCCC[Si](C)(C)O[C@@H](C[C@@H](Cc1ccccc1)C(=O)N[C@H](c1nc(C(N)=O)cs1)C(C)C)[C@H](Cc1ccccc1)NC(=O)OC(C)(C)C. The number of hydrogen-bond donors (Lipinski definition) is 3. The van der Waals surface area contributed by atoms with Gasteiger partial charge in [-0.05, 0) is 76.2 Å². The van der Waals surface area contributed by atoms with Crippen LogP contribution in [0.2, 0.25) is 19.1 Å². The highest BCUT2D eigenvalue weighted by Gasteiger charge is 2.37. The number of aromatic nitrogens is 1. The molecule has 1 aromatic heterocycles. The number of benzene rings is 2. The summed E-state index contributed by atoms with van der Waals surface area (Å²) in [6.07, 6.45) is 2.44. The second-order valence-corrected chi connectivity index (χ2v) is 19.9. The Bertz CT molecular complexity index is 1480. The summed E-state index contributed by atoms with van der Waals surface area (Å²) in [5, 5.41) is 8.69. The summed E-state index contributed by atoms with van der Waals surface area (Å²) in [4.78, 5) is 44.1. The number of nitrogens with two attached hydrogens (primary N) is 1. The van der Waals surface area contributed by atoms with Gasteiger partial charge in [0, 0.05) is 11.3 Å². The number of nitrogens with one attached hydrogen (secondary N) is 2. The van der Waals surface area contributed by atoms with Crippen molar-refractivity contribution in [3.8, 4) is 0 Å². The first-order valence-electron chi connectivity index (χ1n) is 17.4. The summed E-state index contributed by atoms with van der Waals surface area (Å²) < 4.78 is 12.9. The lowest BCUT2D eigenvalue weighted by Gasteiger charge is -2.37. The molecule has 3 amide bonds. The Kier molecular flexibility index (Phi) is 15.0. The Labute approximate surface area is 297 Å². The normalized spacial score (nSPS) is 14.5. The molecule has 2 aromatic carbocycles. The van der Waals surface area contributed by atoms with Gasteiger partial charge in [0.2, 0.25) is 5.91 Å². The molecule has 0 spiro atoms. The Morgan fingerprint density at radius 1 is 0.939 bits per heavy atom. The van der Waals surface area contributed by atoms with Crippen LogP contribution >= 0.6 is 11.3 Å². The number of ether oxygens (including phenoxy) is 1. The second kappa shape index (κ2) is 18.5. The first-order chi connectivity index (χ1) is 23.1. The third-order valence-corrected chi connectivity index (χ3v) is 11.7. The van der Waals surface area contributed by atoms with E-state index in [4.69, 9.17) is 14.9 Å². The van der Waals surface area contributed by atoms with Crippen LogP contribution in [0, 0.1) is 11.8 Å². The number of thiazole rings is 1. The summed E-state index contributed by atoms with van der Waals surface area (Å²) >= 11 is 1.31. The minimum Gasteiger partial charge on any atom is -0.444 e. The predicted octanol–water partition coefficient (Wildman–Crippen LogP) is 7.83. The minimum absolute atomic E-state index is 0.000275. The second-order valence-electron chi connectivity index (χ2n) is 14.7. The van der Waals surface area contributed by atoms with Crippen molar-refractivity contribution in [3.63, 3.8) is 0 Å². The van der Waals surface area contributed by atoms with E-state index < -0.39 is 50.0 Å². The highest BCUT2D eigenvalue weighted by atomic mass is 32.1. The molecule has 0 unspecified atom stereocenters. The largest absolute Gasteiger partial charge is 0.444 e. The van der Waals surface area contributed by atoms with Gasteiger partial charge in [0.1, 0.15) is 16.3 Å². The molecule has 11 heteroatoms. The van der Waals surface area contributed by atoms with Crippen LogP contribution in [0.15, 0.2) is 66.0 Å². The number of carbonyl (C=O) groups excluding carboxylic acids is 3. The third-order valence-electron chi connectivity index (χ3n) is 8.27. The van der Waals surface area contributed by atoms with Gasteiger partial charge in [-0.2, -0.15) is 0 Å². The maximum absolute atomic E-state index is 14.5. The lowest BCUT2D eigenvalue weighted by atomic mass is 9.88. The highest BCUT2D eigenvalue weighted by Crippen LogP contribution is 2.29. The van der Waals surface area contributed by atoms with Gasteiger partial charge in [0.25, 0.3) is 5.91 Å². The maximum Gasteiger partial charge on any atom is 0.407 e. The molecule has 0 fully saturated rings. The fraction of sp³-hybridized carbons (Fsp3) is 0.526. The molecule has 0 aliphatic rings. The smallest absolute Gasteiger partial charge is 0.407 e. The van der Waals surface area contributed by atoms with Crippen LogP contribution in [-0.4, -0.2) is 49.0 Å². The van der Waals surface area contributed by atoms with E-state index in [0.717, 1.165) is 30.0 Å². The standard InChI is InChI=1S/C38H56N4O5SSi/c1-9-10-21-49(7,8)47-32(30(23-28-19-15-12-16-20-28)41-37(45)46-38(4,5)6)24-29(22-27-17-13-11-14-18-27)35(44)42-33(26(2)3)36-40-31(25-48-36)34(39)43/h11-20,25-26,29-30,32-33H,9-10,21-24H2,1-8H3,(H2,39,43)(H,41,45)(H,42,44)/t29-,30+,32+,33+/m1/s1. The molecule has 3 aromatic rings. The number of amides is 3. The number of hydrogen-bond acceptors (Lipinski definition) is 7. The Balaban J connectivity index is 2.05. The fourth-order valence-electron chi connectivity index (χ4n) is 5.76. The van der Waals surface area contributed by atoms with Gasteiger partial charge in [0.05, 0.1) is 18.2 Å². The Hall–Kier alpha value is -3.54. The van der Waals surface area contributed by atoms with E-state index in [0.29, 0.717) is 24.3 Å². The molecule has 0 aliphatic heterocycles. The van der Waals surface area contributed by atoms with Crippen LogP contribution in [0.4, 0.5) is 4.79 Å². The zero-order valence-electron chi connectivity index (χ0n) is 30.5. The number of carbonyl (C=O) groups is 3. The van der Waals surface area contributed by atoms with E-state index in [9.17, 15) is 14.4 Å². The average Bonchev–Trinajstić information content (AvgIpc) is 3.52. The van der Waals surface area contributed by atoms with Crippen molar-refractivity contribution in [1.82, 2.24) is 15.6 Å². The number of primary amides is 1.